The van der Waals surface area contributed by atoms with Gasteiger partial charge in [-0.2, -0.15) is 0 Å². The number of carboxylic acid groups (broad SMARTS) is 1. The molecule has 1 saturated carbocycles. The third-order valence-electron chi connectivity index (χ3n) is 2.94. The molecular formula is C13H10BrNO2S. The molecule has 0 aromatic carbocycles. The lowest BCUT2D eigenvalue weighted by Gasteiger charge is -2.05. The molecule has 2 heterocycles. The fourth-order valence-corrected chi connectivity index (χ4v) is 3.31. The molecule has 3 nitrogen and oxygen atoms in total. The maximum absolute atomic E-state index is 11.2. The summed E-state index contributed by atoms with van der Waals surface area (Å²) >= 11 is 5.02. The number of aromatic nitrogens is 1. The van der Waals surface area contributed by atoms with Crippen LogP contribution in [0.3, 0.4) is 0 Å². The van der Waals surface area contributed by atoms with E-state index in [1.165, 1.54) is 0 Å². The zero-order valence-electron chi connectivity index (χ0n) is 9.39. The molecular weight excluding hydrogens is 314 g/mol. The Morgan fingerprint density at radius 2 is 2.22 bits per heavy atom. The summed E-state index contributed by atoms with van der Waals surface area (Å²) in [5.74, 6) is -0.553. The van der Waals surface area contributed by atoms with Crippen molar-refractivity contribution in [1.82, 2.24) is 4.98 Å². The van der Waals surface area contributed by atoms with Gasteiger partial charge in [0.05, 0.1) is 21.8 Å². The van der Waals surface area contributed by atoms with Crippen LogP contribution in [0.25, 0.3) is 10.6 Å². The van der Waals surface area contributed by atoms with Gasteiger partial charge in [-0.1, -0.05) is 0 Å². The van der Waals surface area contributed by atoms with Crippen molar-refractivity contribution in [1.29, 1.82) is 0 Å². The lowest BCUT2D eigenvalue weighted by molar-refractivity contribution is 0.0695. The van der Waals surface area contributed by atoms with Gasteiger partial charge in [0.1, 0.15) is 0 Å². The number of pyridine rings is 1. The zero-order chi connectivity index (χ0) is 12.7. The normalized spacial score (nSPS) is 14.7. The van der Waals surface area contributed by atoms with E-state index in [1.54, 1.807) is 23.5 Å². The Labute approximate surface area is 117 Å². The molecule has 0 radical (unpaired) electrons. The van der Waals surface area contributed by atoms with Crippen molar-refractivity contribution >= 4 is 33.2 Å². The second-order valence-electron chi connectivity index (χ2n) is 4.34. The Bertz CT molecular complexity index is 619. The number of nitrogens with zero attached hydrogens (tertiary/aromatic N) is 1. The summed E-state index contributed by atoms with van der Waals surface area (Å²) in [5.41, 5.74) is 1.94. The van der Waals surface area contributed by atoms with Gasteiger partial charge in [0.2, 0.25) is 0 Å². The smallest absolute Gasteiger partial charge is 0.337 e. The van der Waals surface area contributed by atoms with Crippen LogP contribution < -0.4 is 0 Å². The fraction of sp³-hybridized carbons (Fsp3) is 0.231. The van der Waals surface area contributed by atoms with Crippen LogP contribution >= 0.6 is 27.3 Å². The molecule has 0 amide bonds. The van der Waals surface area contributed by atoms with Crippen LogP contribution in [0.1, 0.15) is 34.8 Å². The van der Waals surface area contributed by atoms with E-state index in [0.29, 0.717) is 11.5 Å². The summed E-state index contributed by atoms with van der Waals surface area (Å²) in [6.07, 6.45) is 2.09. The molecule has 1 fully saturated rings. The van der Waals surface area contributed by atoms with Crippen molar-refractivity contribution < 1.29 is 9.90 Å². The molecule has 3 rings (SSSR count). The Morgan fingerprint density at radius 3 is 2.78 bits per heavy atom. The largest absolute Gasteiger partial charge is 0.478 e. The zero-order valence-corrected chi connectivity index (χ0v) is 11.8. The predicted octanol–water partition coefficient (Wildman–Crippen LogP) is 4.15. The van der Waals surface area contributed by atoms with Gasteiger partial charge in [0.15, 0.2) is 0 Å². The Hall–Kier alpha value is -1.20. The molecule has 5 heteroatoms. The quantitative estimate of drug-likeness (QED) is 0.923. The van der Waals surface area contributed by atoms with Crippen LogP contribution in [0.5, 0.6) is 0 Å². The third kappa shape index (κ3) is 2.20. The SMILES string of the molecule is O=C(O)c1ccc(-c2cc(Br)cs2)nc1C1CC1. The predicted molar refractivity (Wildman–Crippen MR) is 74.2 cm³/mol. The van der Waals surface area contributed by atoms with Crippen LogP contribution in [-0.4, -0.2) is 16.1 Å². The molecule has 0 spiro atoms. The molecule has 1 N–H and O–H groups in total. The molecule has 1 aliphatic rings. The van der Waals surface area contributed by atoms with Gasteiger partial charge >= 0.3 is 5.97 Å². The van der Waals surface area contributed by atoms with Gasteiger partial charge in [-0.05, 0) is 47.0 Å². The van der Waals surface area contributed by atoms with E-state index in [4.69, 9.17) is 5.11 Å². The van der Waals surface area contributed by atoms with Gasteiger partial charge in [0, 0.05) is 15.8 Å². The molecule has 92 valence electrons. The highest BCUT2D eigenvalue weighted by molar-refractivity contribution is 9.10. The summed E-state index contributed by atoms with van der Waals surface area (Å²) in [7, 11) is 0. The standard InChI is InChI=1S/C13H10BrNO2S/c14-8-5-11(18-6-8)10-4-3-9(13(16)17)12(15-10)7-1-2-7/h3-7H,1-2H2,(H,16,17). The fourth-order valence-electron chi connectivity index (χ4n) is 1.91. The van der Waals surface area contributed by atoms with E-state index in [2.05, 4.69) is 20.9 Å². The van der Waals surface area contributed by atoms with Gasteiger partial charge in [-0.15, -0.1) is 11.3 Å². The minimum atomic E-state index is -0.886. The number of hydrogen-bond acceptors (Lipinski definition) is 3. The summed E-state index contributed by atoms with van der Waals surface area (Å²) in [6.45, 7) is 0. The summed E-state index contributed by atoms with van der Waals surface area (Å²) in [5, 5.41) is 11.2. The van der Waals surface area contributed by atoms with Crippen LogP contribution in [0.2, 0.25) is 0 Å². The van der Waals surface area contributed by atoms with Crippen LogP contribution in [0.4, 0.5) is 0 Å². The first kappa shape index (κ1) is 11.9. The average molecular weight is 324 g/mol. The van der Waals surface area contributed by atoms with Crippen molar-refractivity contribution in [2.75, 3.05) is 0 Å². The molecule has 0 saturated heterocycles. The monoisotopic (exact) mass is 323 g/mol. The number of hydrogen-bond donors (Lipinski definition) is 1. The van der Waals surface area contributed by atoms with Gasteiger partial charge in [-0.25, -0.2) is 4.79 Å². The van der Waals surface area contributed by atoms with Crippen molar-refractivity contribution in [3.05, 3.63) is 39.3 Å². The number of carbonyl (C=O) groups is 1. The second-order valence-corrected chi connectivity index (χ2v) is 6.16. The van der Waals surface area contributed by atoms with Gasteiger partial charge in [-0.3, -0.25) is 4.98 Å². The summed E-state index contributed by atoms with van der Waals surface area (Å²) < 4.78 is 1.03. The Morgan fingerprint density at radius 1 is 1.44 bits per heavy atom. The van der Waals surface area contributed by atoms with E-state index in [1.807, 2.05) is 11.4 Å². The van der Waals surface area contributed by atoms with Crippen LogP contribution in [-0.2, 0) is 0 Å². The number of halogens is 1. The molecule has 0 atom stereocenters. The highest BCUT2D eigenvalue weighted by Crippen LogP contribution is 2.41. The highest BCUT2D eigenvalue weighted by atomic mass is 79.9. The highest BCUT2D eigenvalue weighted by Gasteiger charge is 2.30. The van der Waals surface area contributed by atoms with Crippen LogP contribution in [0.15, 0.2) is 28.1 Å². The maximum Gasteiger partial charge on any atom is 0.337 e. The Balaban J connectivity index is 2.07. The van der Waals surface area contributed by atoms with E-state index in [9.17, 15) is 4.79 Å². The van der Waals surface area contributed by atoms with Gasteiger partial charge < -0.3 is 5.11 Å². The average Bonchev–Trinajstić information content (AvgIpc) is 3.11. The number of aromatic carboxylic acids is 1. The van der Waals surface area contributed by atoms with Crippen molar-refractivity contribution in [2.24, 2.45) is 0 Å². The lowest BCUT2D eigenvalue weighted by Crippen LogP contribution is -2.04. The second kappa shape index (κ2) is 4.48. The molecule has 2 aromatic heterocycles. The summed E-state index contributed by atoms with van der Waals surface area (Å²) in [4.78, 5) is 16.8. The van der Waals surface area contributed by atoms with Crippen molar-refractivity contribution in [3.63, 3.8) is 0 Å². The molecule has 1 aliphatic carbocycles. The molecule has 2 aromatic rings. The maximum atomic E-state index is 11.2. The molecule has 18 heavy (non-hydrogen) atoms. The van der Waals surface area contributed by atoms with Crippen molar-refractivity contribution in [2.45, 2.75) is 18.8 Å². The molecule has 0 unspecified atom stereocenters. The minimum Gasteiger partial charge on any atom is -0.478 e. The van der Waals surface area contributed by atoms with E-state index < -0.39 is 5.97 Å². The third-order valence-corrected chi connectivity index (χ3v) is 4.65. The van der Waals surface area contributed by atoms with Crippen molar-refractivity contribution in [3.8, 4) is 10.6 Å². The first-order chi connectivity index (χ1) is 8.65. The minimum absolute atomic E-state index is 0.333. The van der Waals surface area contributed by atoms with E-state index in [0.717, 1.165) is 33.6 Å². The summed E-state index contributed by atoms with van der Waals surface area (Å²) in [6, 6.07) is 5.46. The lowest BCUT2D eigenvalue weighted by atomic mass is 10.1. The first-order valence-electron chi connectivity index (χ1n) is 5.64. The first-order valence-corrected chi connectivity index (χ1v) is 7.31. The number of thiophene rings is 1. The molecule has 0 aliphatic heterocycles. The van der Waals surface area contributed by atoms with E-state index >= 15 is 0 Å². The number of rotatable bonds is 3. The topological polar surface area (TPSA) is 50.2 Å². The van der Waals surface area contributed by atoms with Gasteiger partial charge in [0.25, 0.3) is 0 Å². The number of carboxylic acids is 1. The molecule has 0 bridgehead atoms. The van der Waals surface area contributed by atoms with Crippen LogP contribution in [0, 0.1) is 0 Å². The Kier molecular flexibility index (Phi) is 2.95. The van der Waals surface area contributed by atoms with E-state index in [-0.39, 0.29) is 0 Å².